The van der Waals surface area contributed by atoms with Crippen LogP contribution in [0.2, 0.25) is 0 Å². The van der Waals surface area contributed by atoms with Crippen LogP contribution in [0.4, 0.5) is 10.5 Å². The average molecular weight is 533 g/mol. The van der Waals surface area contributed by atoms with Gasteiger partial charge in [-0.3, -0.25) is 9.69 Å². The third kappa shape index (κ3) is 5.37. The first kappa shape index (κ1) is 26.1. The van der Waals surface area contributed by atoms with Crippen LogP contribution in [0.5, 0.6) is 0 Å². The summed E-state index contributed by atoms with van der Waals surface area (Å²) < 4.78 is 5.60. The van der Waals surface area contributed by atoms with Crippen molar-refractivity contribution in [3.05, 3.63) is 64.7 Å². The molecule has 0 radical (unpaired) electrons. The number of fused-ring (bicyclic) bond motifs is 4. The van der Waals surface area contributed by atoms with Crippen molar-refractivity contribution in [1.82, 2.24) is 14.7 Å². The molecule has 6 rings (SSSR count). The zero-order valence-corrected chi connectivity index (χ0v) is 23.3. The highest BCUT2D eigenvalue weighted by atomic mass is 16.6. The number of aliphatic hydroxyl groups excluding tert-OH is 1. The summed E-state index contributed by atoms with van der Waals surface area (Å²) >= 11 is 0. The number of carbonyl (C=O) groups excluding carboxylic acids is 2. The molecular weight excluding hydrogens is 492 g/mol. The number of nitrogens with zero attached hydrogens (tertiary/aromatic N) is 4. The van der Waals surface area contributed by atoms with Crippen molar-refractivity contribution >= 4 is 17.7 Å². The molecule has 2 aromatic rings. The smallest absolute Gasteiger partial charge is 0.410 e. The van der Waals surface area contributed by atoms with Crippen molar-refractivity contribution in [1.29, 1.82) is 0 Å². The zero-order valence-electron chi connectivity index (χ0n) is 23.3. The van der Waals surface area contributed by atoms with E-state index in [1.807, 2.05) is 37.8 Å². The molecule has 4 heterocycles. The Morgan fingerprint density at radius 1 is 1.00 bits per heavy atom. The third-order valence-corrected chi connectivity index (χ3v) is 8.57. The van der Waals surface area contributed by atoms with Crippen molar-refractivity contribution < 1.29 is 19.4 Å². The predicted molar refractivity (Wildman–Crippen MR) is 150 cm³/mol. The van der Waals surface area contributed by atoms with E-state index in [0.717, 1.165) is 55.7 Å². The Kier molecular flexibility index (Phi) is 6.79. The normalized spacial score (nSPS) is 23.6. The number of ether oxygens (including phenoxy) is 1. The SMILES string of the molecule is CC(C)(C)OC(=O)N1CC2CC1CN2c1ccc2c(c1)CCN(C[C@H](O)CN1CCc3ccccc3C1)C2=O. The quantitative estimate of drug-likeness (QED) is 0.637. The van der Waals surface area contributed by atoms with Crippen LogP contribution in [0.3, 0.4) is 0 Å². The van der Waals surface area contributed by atoms with Crippen molar-refractivity contribution in [3.63, 3.8) is 0 Å². The van der Waals surface area contributed by atoms with Gasteiger partial charge >= 0.3 is 6.09 Å². The van der Waals surface area contributed by atoms with E-state index in [1.54, 1.807) is 4.90 Å². The average Bonchev–Trinajstić information content (AvgIpc) is 3.51. The summed E-state index contributed by atoms with van der Waals surface area (Å²) in [5, 5.41) is 10.9. The fourth-order valence-corrected chi connectivity index (χ4v) is 6.72. The summed E-state index contributed by atoms with van der Waals surface area (Å²) in [5.74, 6) is 0.00452. The van der Waals surface area contributed by atoms with Crippen molar-refractivity contribution in [2.75, 3.05) is 44.2 Å². The van der Waals surface area contributed by atoms with E-state index in [0.29, 0.717) is 26.2 Å². The highest BCUT2D eigenvalue weighted by Gasteiger charge is 2.46. The van der Waals surface area contributed by atoms with Crippen LogP contribution in [-0.4, -0.2) is 94.9 Å². The lowest BCUT2D eigenvalue weighted by atomic mass is 9.97. The number of carbonyl (C=O) groups is 2. The van der Waals surface area contributed by atoms with Gasteiger partial charge in [0.25, 0.3) is 5.91 Å². The van der Waals surface area contributed by atoms with Gasteiger partial charge in [0, 0.05) is 63.1 Å². The van der Waals surface area contributed by atoms with Crippen LogP contribution in [0, 0.1) is 0 Å². The van der Waals surface area contributed by atoms with E-state index in [1.165, 1.54) is 11.1 Å². The second-order valence-electron chi connectivity index (χ2n) is 12.6. The number of amides is 2. The van der Waals surface area contributed by atoms with Crippen LogP contribution >= 0.6 is 0 Å². The first-order valence-electron chi connectivity index (χ1n) is 14.3. The summed E-state index contributed by atoms with van der Waals surface area (Å²) in [6.45, 7) is 10.5. The summed E-state index contributed by atoms with van der Waals surface area (Å²) in [7, 11) is 0. The number of hydrogen-bond donors (Lipinski definition) is 1. The molecule has 1 N–H and O–H groups in total. The standard InChI is InChI=1S/C31H40N4O4/c1-31(2,3)39-30(38)35-18-25-15-26(35)17-34(25)24-8-9-28-22(14-24)11-13-33(29(28)37)20-27(36)19-32-12-10-21-6-4-5-7-23(21)16-32/h4-9,14,25-27,36H,10-13,15-20H2,1-3H3/t25?,26?,27-/m1/s1. The minimum Gasteiger partial charge on any atom is -0.444 e. The molecule has 208 valence electrons. The lowest BCUT2D eigenvalue weighted by Crippen LogP contribution is -2.50. The van der Waals surface area contributed by atoms with E-state index in [4.69, 9.17) is 4.74 Å². The molecule has 4 aliphatic rings. The van der Waals surface area contributed by atoms with Gasteiger partial charge in [0.1, 0.15) is 5.60 Å². The predicted octanol–water partition coefficient (Wildman–Crippen LogP) is 3.30. The summed E-state index contributed by atoms with van der Waals surface area (Å²) in [5.41, 5.74) is 5.17. The maximum Gasteiger partial charge on any atom is 0.410 e. The second-order valence-corrected chi connectivity index (χ2v) is 12.6. The van der Waals surface area contributed by atoms with Gasteiger partial charge in [0.15, 0.2) is 0 Å². The molecule has 4 aliphatic heterocycles. The van der Waals surface area contributed by atoms with Gasteiger partial charge in [0.05, 0.1) is 12.1 Å². The fraction of sp³-hybridized carbons (Fsp3) is 0.548. The van der Waals surface area contributed by atoms with Crippen molar-refractivity contribution in [2.24, 2.45) is 0 Å². The van der Waals surface area contributed by atoms with Crippen LogP contribution in [0.25, 0.3) is 0 Å². The topological polar surface area (TPSA) is 76.6 Å². The minimum atomic E-state index is -0.576. The molecule has 0 saturated carbocycles. The molecule has 3 atom stereocenters. The molecule has 2 saturated heterocycles. The van der Waals surface area contributed by atoms with Gasteiger partial charge in [-0.1, -0.05) is 24.3 Å². The van der Waals surface area contributed by atoms with Crippen LogP contribution in [0.15, 0.2) is 42.5 Å². The third-order valence-electron chi connectivity index (χ3n) is 8.57. The molecule has 2 fully saturated rings. The zero-order chi connectivity index (χ0) is 27.3. The maximum atomic E-state index is 13.3. The van der Waals surface area contributed by atoms with E-state index in [-0.39, 0.29) is 24.1 Å². The molecule has 39 heavy (non-hydrogen) atoms. The van der Waals surface area contributed by atoms with Crippen molar-refractivity contribution in [3.8, 4) is 0 Å². The van der Waals surface area contributed by atoms with Gasteiger partial charge in [0.2, 0.25) is 0 Å². The number of hydrogen-bond acceptors (Lipinski definition) is 6. The Balaban J connectivity index is 1.05. The summed E-state index contributed by atoms with van der Waals surface area (Å²) in [6, 6.07) is 15.1. The number of rotatable bonds is 5. The van der Waals surface area contributed by atoms with Gasteiger partial charge < -0.3 is 24.5 Å². The van der Waals surface area contributed by atoms with Gasteiger partial charge in [-0.25, -0.2) is 4.79 Å². The number of anilines is 1. The van der Waals surface area contributed by atoms with Crippen molar-refractivity contribution in [2.45, 2.75) is 70.4 Å². The van der Waals surface area contributed by atoms with E-state index < -0.39 is 11.7 Å². The highest BCUT2D eigenvalue weighted by Crippen LogP contribution is 2.37. The fourth-order valence-electron chi connectivity index (χ4n) is 6.72. The Labute approximate surface area is 231 Å². The maximum absolute atomic E-state index is 13.3. The molecule has 0 aliphatic carbocycles. The number of likely N-dealkylation sites (tertiary alicyclic amines) is 1. The van der Waals surface area contributed by atoms with Gasteiger partial charge in [-0.15, -0.1) is 0 Å². The first-order chi connectivity index (χ1) is 18.6. The number of aliphatic hydroxyl groups is 1. The van der Waals surface area contributed by atoms with E-state index >= 15 is 0 Å². The lowest BCUT2D eigenvalue weighted by Gasteiger charge is -2.37. The van der Waals surface area contributed by atoms with Gasteiger partial charge in [-0.2, -0.15) is 0 Å². The Hall–Kier alpha value is -3.10. The Morgan fingerprint density at radius 3 is 2.51 bits per heavy atom. The summed E-state index contributed by atoms with van der Waals surface area (Å²) in [4.78, 5) is 34.3. The van der Waals surface area contributed by atoms with Crippen LogP contribution < -0.4 is 4.90 Å². The largest absolute Gasteiger partial charge is 0.444 e. The number of piperazine rings is 1. The lowest BCUT2D eigenvalue weighted by molar-refractivity contribution is 0.0214. The van der Waals surface area contributed by atoms with Crippen LogP contribution in [0.1, 0.15) is 54.2 Å². The monoisotopic (exact) mass is 532 g/mol. The molecule has 2 aromatic carbocycles. The number of β-amino-alcohol motifs (C(OH)–C–C–N with tert-alkyl or cyclic N) is 1. The molecule has 8 nitrogen and oxygen atoms in total. The molecule has 0 spiro atoms. The van der Waals surface area contributed by atoms with Crippen LogP contribution in [-0.2, 0) is 24.1 Å². The number of benzene rings is 2. The highest BCUT2D eigenvalue weighted by molar-refractivity contribution is 5.97. The molecule has 8 heteroatoms. The molecule has 0 aromatic heterocycles. The van der Waals surface area contributed by atoms with E-state index in [2.05, 4.69) is 40.1 Å². The van der Waals surface area contributed by atoms with E-state index in [9.17, 15) is 14.7 Å². The molecule has 2 unspecified atom stereocenters. The Bertz CT molecular complexity index is 1260. The molecule has 2 amide bonds. The second kappa shape index (κ2) is 10.1. The van der Waals surface area contributed by atoms with Gasteiger partial charge in [-0.05, 0) is 74.9 Å². The molecular formula is C31H40N4O4. The molecule has 2 bridgehead atoms. The summed E-state index contributed by atoms with van der Waals surface area (Å²) in [6.07, 6.45) is 1.93. The minimum absolute atomic E-state index is 0.00452. The Morgan fingerprint density at radius 2 is 1.77 bits per heavy atom. The first-order valence-corrected chi connectivity index (χ1v) is 14.3.